The zero-order chi connectivity index (χ0) is 23.6. The lowest BCUT2D eigenvalue weighted by Crippen LogP contribution is -2.50. The molecule has 2 aliphatic rings. The van der Waals surface area contributed by atoms with E-state index in [1.807, 2.05) is 6.92 Å². The second-order valence-electron chi connectivity index (χ2n) is 8.62. The first-order valence-electron chi connectivity index (χ1n) is 11.3. The van der Waals surface area contributed by atoms with Crippen LogP contribution in [0.2, 0.25) is 0 Å². The summed E-state index contributed by atoms with van der Waals surface area (Å²) in [5, 5.41) is 9.39. The van der Waals surface area contributed by atoms with E-state index in [1.54, 1.807) is 38.4 Å². The average Bonchev–Trinajstić information content (AvgIpc) is 2.84. The molecule has 1 N–H and O–H groups in total. The van der Waals surface area contributed by atoms with Crippen LogP contribution in [-0.2, 0) is 10.0 Å². The Kier molecular flexibility index (Phi) is 6.71. The van der Waals surface area contributed by atoms with E-state index in [2.05, 4.69) is 0 Å². The van der Waals surface area contributed by atoms with E-state index >= 15 is 0 Å². The van der Waals surface area contributed by atoms with Gasteiger partial charge in [0.2, 0.25) is 10.0 Å². The number of carbonyl (C=O) groups is 2. The van der Waals surface area contributed by atoms with Crippen molar-refractivity contribution >= 4 is 21.8 Å². The number of phenolic OH excluding ortho intramolecular Hbond substituents is 1. The van der Waals surface area contributed by atoms with Crippen molar-refractivity contribution in [2.24, 2.45) is 0 Å². The summed E-state index contributed by atoms with van der Waals surface area (Å²) in [6, 6.07) is 12.2. The molecule has 2 amide bonds. The van der Waals surface area contributed by atoms with Gasteiger partial charge in [-0.05, 0) is 68.3 Å². The van der Waals surface area contributed by atoms with Crippen LogP contribution in [0.25, 0.3) is 0 Å². The molecule has 2 heterocycles. The molecule has 0 saturated carbocycles. The highest BCUT2D eigenvalue weighted by Gasteiger charge is 2.31. The normalized spacial score (nSPS) is 20.0. The van der Waals surface area contributed by atoms with E-state index in [1.165, 1.54) is 24.3 Å². The number of phenols is 1. The fraction of sp³-hybridized carbons (Fsp3) is 0.417. The van der Waals surface area contributed by atoms with Gasteiger partial charge in [-0.3, -0.25) is 9.59 Å². The minimum Gasteiger partial charge on any atom is -0.508 e. The largest absolute Gasteiger partial charge is 0.508 e. The van der Waals surface area contributed by atoms with Crippen molar-refractivity contribution in [3.05, 3.63) is 59.7 Å². The van der Waals surface area contributed by atoms with Gasteiger partial charge in [0.25, 0.3) is 11.8 Å². The van der Waals surface area contributed by atoms with E-state index in [-0.39, 0.29) is 28.5 Å². The number of amides is 2. The molecule has 2 aromatic rings. The molecule has 0 bridgehead atoms. The molecule has 2 aliphatic heterocycles. The molecule has 0 unspecified atom stereocenters. The number of rotatable bonds is 4. The average molecular weight is 472 g/mol. The van der Waals surface area contributed by atoms with Crippen LogP contribution >= 0.6 is 0 Å². The third-order valence-corrected chi connectivity index (χ3v) is 8.45. The maximum Gasteiger partial charge on any atom is 0.253 e. The van der Waals surface area contributed by atoms with Gasteiger partial charge in [-0.2, -0.15) is 4.31 Å². The number of nitrogens with zero attached hydrogens (tertiary/aromatic N) is 3. The number of hydrogen-bond acceptors (Lipinski definition) is 5. The molecule has 1 atom stereocenters. The van der Waals surface area contributed by atoms with Gasteiger partial charge in [0.1, 0.15) is 5.75 Å². The van der Waals surface area contributed by atoms with Gasteiger partial charge in [0, 0.05) is 49.9 Å². The van der Waals surface area contributed by atoms with Crippen molar-refractivity contribution in [2.45, 2.75) is 37.1 Å². The van der Waals surface area contributed by atoms with Crippen molar-refractivity contribution in [2.75, 3.05) is 32.7 Å². The number of sulfonamides is 1. The van der Waals surface area contributed by atoms with Gasteiger partial charge in [-0.25, -0.2) is 8.42 Å². The number of piperidine rings is 1. The van der Waals surface area contributed by atoms with Gasteiger partial charge in [-0.1, -0.05) is 6.42 Å². The Morgan fingerprint density at radius 3 is 1.76 bits per heavy atom. The third kappa shape index (κ3) is 4.89. The molecule has 9 heteroatoms. The molecule has 2 aromatic carbocycles. The molecular weight excluding hydrogens is 442 g/mol. The number of benzene rings is 2. The third-order valence-electron chi connectivity index (χ3n) is 6.42. The van der Waals surface area contributed by atoms with Gasteiger partial charge in [0.05, 0.1) is 4.90 Å². The fourth-order valence-electron chi connectivity index (χ4n) is 4.42. The van der Waals surface area contributed by atoms with Crippen LogP contribution in [0.3, 0.4) is 0 Å². The van der Waals surface area contributed by atoms with Crippen molar-refractivity contribution in [3.63, 3.8) is 0 Å². The van der Waals surface area contributed by atoms with Crippen LogP contribution in [0.4, 0.5) is 0 Å². The summed E-state index contributed by atoms with van der Waals surface area (Å²) in [5.41, 5.74) is 0.923. The maximum atomic E-state index is 13.0. The topological polar surface area (TPSA) is 98.2 Å². The molecule has 0 aromatic heterocycles. The van der Waals surface area contributed by atoms with Crippen LogP contribution < -0.4 is 0 Å². The summed E-state index contributed by atoms with van der Waals surface area (Å²) in [6.07, 6.45) is 2.76. The Hall–Kier alpha value is -2.91. The molecule has 8 nitrogen and oxygen atoms in total. The minimum atomic E-state index is -3.58. The fourth-order valence-corrected chi connectivity index (χ4v) is 6.11. The molecule has 2 saturated heterocycles. The van der Waals surface area contributed by atoms with E-state index < -0.39 is 10.0 Å². The van der Waals surface area contributed by atoms with E-state index in [9.17, 15) is 23.1 Å². The number of aromatic hydroxyl groups is 1. The summed E-state index contributed by atoms with van der Waals surface area (Å²) in [6.45, 7) is 4.06. The Labute approximate surface area is 194 Å². The highest BCUT2D eigenvalue weighted by Crippen LogP contribution is 2.25. The van der Waals surface area contributed by atoms with Gasteiger partial charge in [0.15, 0.2) is 0 Å². The SMILES string of the molecule is C[C@@H]1CCCCN1S(=O)(=O)c1ccc(C(=O)N2CCN(C(=O)c3ccc(O)cc3)CC2)cc1. The second-order valence-corrected chi connectivity index (χ2v) is 10.5. The summed E-state index contributed by atoms with van der Waals surface area (Å²) in [4.78, 5) is 29.1. The van der Waals surface area contributed by atoms with E-state index in [4.69, 9.17) is 0 Å². The lowest BCUT2D eigenvalue weighted by Gasteiger charge is -2.35. The van der Waals surface area contributed by atoms with Crippen LogP contribution in [0, 0.1) is 0 Å². The number of piperazine rings is 1. The number of carbonyl (C=O) groups excluding carboxylic acids is 2. The summed E-state index contributed by atoms with van der Waals surface area (Å²) < 4.78 is 27.5. The first kappa shape index (κ1) is 23.3. The molecule has 176 valence electrons. The van der Waals surface area contributed by atoms with Gasteiger partial charge >= 0.3 is 0 Å². The lowest BCUT2D eigenvalue weighted by atomic mass is 10.1. The van der Waals surface area contributed by atoms with Crippen molar-refractivity contribution in [3.8, 4) is 5.75 Å². The monoisotopic (exact) mass is 471 g/mol. The van der Waals surface area contributed by atoms with E-state index in [0.29, 0.717) is 43.9 Å². The molecule has 4 rings (SSSR count). The van der Waals surface area contributed by atoms with Gasteiger partial charge < -0.3 is 14.9 Å². The van der Waals surface area contributed by atoms with Crippen LogP contribution in [0.5, 0.6) is 5.75 Å². The summed E-state index contributed by atoms with van der Waals surface area (Å²) >= 11 is 0. The van der Waals surface area contributed by atoms with Crippen LogP contribution in [0.1, 0.15) is 46.9 Å². The smallest absolute Gasteiger partial charge is 0.253 e. The lowest BCUT2D eigenvalue weighted by molar-refractivity contribution is 0.0535. The maximum absolute atomic E-state index is 13.0. The molecular formula is C24H29N3O5S. The zero-order valence-electron chi connectivity index (χ0n) is 18.7. The minimum absolute atomic E-state index is 0.0226. The van der Waals surface area contributed by atoms with Gasteiger partial charge in [-0.15, -0.1) is 0 Å². The molecule has 0 spiro atoms. The molecule has 0 radical (unpaired) electrons. The Morgan fingerprint density at radius 2 is 1.27 bits per heavy atom. The molecule has 33 heavy (non-hydrogen) atoms. The molecule has 2 fully saturated rings. The first-order chi connectivity index (χ1) is 15.8. The first-order valence-corrected chi connectivity index (χ1v) is 12.7. The Morgan fingerprint density at radius 1 is 0.788 bits per heavy atom. The van der Waals surface area contributed by atoms with Crippen molar-refractivity contribution in [1.29, 1.82) is 0 Å². The Balaban J connectivity index is 1.38. The van der Waals surface area contributed by atoms with Crippen LogP contribution in [0.15, 0.2) is 53.4 Å². The van der Waals surface area contributed by atoms with E-state index in [0.717, 1.165) is 19.3 Å². The highest BCUT2D eigenvalue weighted by molar-refractivity contribution is 7.89. The Bertz CT molecular complexity index is 1110. The summed E-state index contributed by atoms with van der Waals surface area (Å²) in [7, 11) is -3.58. The standard InChI is InChI=1S/C24H29N3O5S/c1-18-4-2-3-13-27(18)33(31,32)22-11-7-20(8-12-22)24(30)26-16-14-25(15-17-26)23(29)19-5-9-21(28)10-6-19/h5-12,18,28H,2-4,13-17H2,1H3/t18-/m1/s1. The zero-order valence-corrected chi connectivity index (χ0v) is 19.5. The predicted molar refractivity (Wildman–Crippen MR) is 124 cm³/mol. The van der Waals surface area contributed by atoms with Crippen molar-refractivity contribution in [1.82, 2.24) is 14.1 Å². The number of hydrogen-bond donors (Lipinski definition) is 1. The second kappa shape index (κ2) is 9.52. The summed E-state index contributed by atoms with van der Waals surface area (Å²) in [5.74, 6) is -0.211. The van der Waals surface area contributed by atoms with Crippen molar-refractivity contribution < 1.29 is 23.1 Å². The predicted octanol–water partition coefficient (Wildman–Crippen LogP) is 2.55. The quantitative estimate of drug-likeness (QED) is 0.739. The van der Waals surface area contributed by atoms with Crippen LogP contribution in [-0.4, -0.2) is 78.2 Å². The molecule has 0 aliphatic carbocycles. The highest BCUT2D eigenvalue weighted by atomic mass is 32.2.